The van der Waals surface area contributed by atoms with Crippen molar-refractivity contribution >= 4 is 28.4 Å². The molecule has 1 rings (SSSR count). The summed E-state index contributed by atoms with van der Waals surface area (Å²) < 4.78 is 25.5. The fraction of sp³-hybridized carbons (Fsp3) is 0. The molecule has 70 valence electrons. The Balaban J connectivity index is 3.37. The Hall–Kier alpha value is -0.870. The summed E-state index contributed by atoms with van der Waals surface area (Å²) in [6, 6.07) is 1.46. The molecule has 0 aliphatic carbocycles. The Kier molecular flexibility index (Phi) is 3.06. The number of benzene rings is 1. The van der Waals surface area contributed by atoms with Crippen LogP contribution in [0.15, 0.2) is 17.3 Å². The van der Waals surface area contributed by atoms with Gasteiger partial charge in [-0.2, -0.15) is 0 Å². The highest BCUT2D eigenvalue weighted by Crippen LogP contribution is 2.22. The molecule has 0 saturated heterocycles. The van der Waals surface area contributed by atoms with Gasteiger partial charge >= 0.3 is 0 Å². The maximum absolute atomic E-state index is 12.9. The van der Waals surface area contributed by atoms with Gasteiger partial charge in [-0.15, -0.1) is 0 Å². The molecule has 1 N–H and O–H groups in total. The van der Waals surface area contributed by atoms with E-state index >= 15 is 0 Å². The molecule has 0 atom stereocenters. The first-order valence-electron chi connectivity index (χ1n) is 3.08. The third-order valence-corrected chi connectivity index (χ3v) is 1.86. The van der Waals surface area contributed by atoms with Gasteiger partial charge in [0.05, 0.1) is 10.6 Å². The minimum absolute atomic E-state index is 0.250. The predicted molar refractivity (Wildman–Crippen MR) is 45.5 cm³/mol. The summed E-state index contributed by atoms with van der Waals surface area (Å²) in [6.07, 6.45) is 0. The van der Waals surface area contributed by atoms with Crippen LogP contribution < -0.4 is 0 Å². The number of oxime groups is 1. The van der Waals surface area contributed by atoms with Crippen LogP contribution in [0.2, 0.25) is 5.02 Å². The molecule has 0 aromatic heterocycles. The quantitative estimate of drug-likeness (QED) is 0.445. The van der Waals surface area contributed by atoms with Gasteiger partial charge in [0.25, 0.3) is 0 Å². The summed E-state index contributed by atoms with van der Waals surface area (Å²) in [5.41, 5.74) is -0.327. The molecule has 0 aliphatic heterocycles. The van der Waals surface area contributed by atoms with Crippen molar-refractivity contribution < 1.29 is 14.0 Å². The maximum Gasteiger partial charge on any atom is 0.179 e. The SMILES string of the molecule is ON=C(Cl)c1c(F)cc(F)cc1Cl. The highest BCUT2D eigenvalue weighted by Gasteiger charge is 2.14. The first kappa shape index (κ1) is 10.2. The average Bonchev–Trinajstić information content (AvgIpc) is 2.02. The molecule has 6 heteroatoms. The Labute approximate surface area is 82.4 Å². The third-order valence-electron chi connectivity index (χ3n) is 1.30. The van der Waals surface area contributed by atoms with E-state index in [1.165, 1.54) is 0 Å². The van der Waals surface area contributed by atoms with Crippen molar-refractivity contribution in [2.24, 2.45) is 5.16 Å². The second-order valence-electron chi connectivity index (χ2n) is 2.14. The molecule has 0 unspecified atom stereocenters. The number of hydrogen-bond donors (Lipinski definition) is 1. The van der Waals surface area contributed by atoms with Gasteiger partial charge in [0.15, 0.2) is 5.17 Å². The Morgan fingerprint density at radius 3 is 2.46 bits per heavy atom. The van der Waals surface area contributed by atoms with Crippen LogP contribution >= 0.6 is 23.2 Å². The summed E-state index contributed by atoms with van der Waals surface area (Å²) in [4.78, 5) is 0. The van der Waals surface area contributed by atoms with E-state index in [4.69, 9.17) is 28.4 Å². The average molecular weight is 226 g/mol. The molecule has 13 heavy (non-hydrogen) atoms. The molecule has 1 aromatic rings. The fourth-order valence-corrected chi connectivity index (χ4v) is 1.31. The largest absolute Gasteiger partial charge is 0.410 e. The molecule has 0 aliphatic rings. The summed E-state index contributed by atoms with van der Waals surface area (Å²) >= 11 is 10.8. The Morgan fingerprint density at radius 2 is 2.00 bits per heavy atom. The summed E-state index contributed by atoms with van der Waals surface area (Å²) in [7, 11) is 0. The first-order chi connectivity index (χ1) is 6.06. The van der Waals surface area contributed by atoms with Gasteiger partial charge in [-0.05, 0) is 6.07 Å². The first-order valence-corrected chi connectivity index (χ1v) is 3.84. The van der Waals surface area contributed by atoms with Gasteiger partial charge < -0.3 is 5.21 Å². The van der Waals surface area contributed by atoms with E-state index in [0.717, 1.165) is 6.07 Å². The van der Waals surface area contributed by atoms with Crippen molar-refractivity contribution in [3.05, 3.63) is 34.4 Å². The zero-order chi connectivity index (χ0) is 10.0. The molecular formula is C7H3Cl2F2NO. The molecule has 0 heterocycles. The second kappa shape index (κ2) is 3.89. The van der Waals surface area contributed by atoms with Crippen molar-refractivity contribution in [3.8, 4) is 0 Å². The summed E-state index contributed by atoms with van der Waals surface area (Å²) in [6.45, 7) is 0. The predicted octanol–water partition coefficient (Wildman–Crippen LogP) is 2.99. The van der Waals surface area contributed by atoms with Crippen molar-refractivity contribution in [1.29, 1.82) is 0 Å². The van der Waals surface area contributed by atoms with Crippen molar-refractivity contribution in [2.75, 3.05) is 0 Å². The van der Waals surface area contributed by atoms with E-state index in [9.17, 15) is 8.78 Å². The van der Waals surface area contributed by atoms with Gasteiger partial charge in [0.2, 0.25) is 0 Å². The van der Waals surface area contributed by atoms with E-state index in [1.54, 1.807) is 0 Å². The zero-order valence-corrected chi connectivity index (χ0v) is 7.57. The highest BCUT2D eigenvalue weighted by atomic mass is 35.5. The van der Waals surface area contributed by atoms with Gasteiger partial charge in [-0.25, -0.2) is 8.78 Å². The van der Waals surface area contributed by atoms with Gasteiger partial charge in [0, 0.05) is 6.07 Å². The van der Waals surface area contributed by atoms with Crippen LogP contribution in [-0.2, 0) is 0 Å². The number of nitrogens with zero attached hydrogens (tertiary/aromatic N) is 1. The zero-order valence-electron chi connectivity index (χ0n) is 6.06. The van der Waals surface area contributed by atoms with Gasteiger partial charge in [-0.3, -0.25) is 0 Å². The fourth-order valence-electron chi connectivity index (χ4n) is 0.789. The van der Waals surface area contributed by atoms with Crippen molar-refractivity contribution in [1.82, 2.24) is 0 Å². The molecule has 0 bridgehead atoms. The number of rotatable bonds is 1. The second-order valence-corrected chi connectivity index (χ2v) is 2.90. The minimum Gasteiger partial charge on any atom is -0.410 e. The van der Waals surface area contributed by atoms with Crippen LogP contribution in [0.5, 0.6) is 0 Å². The molecule has 0 spiro atoms. The van der Waals surface area contributed by atoms with E-state index in [-0.39, 0.29) is 10.6 Å². The van der Waals surface area contributed by atoms with E-state index in [1.807, 2.05) is 0 Å². The lowest BCUT2D eigenvalue weighted by Gasteiger charge is -2.01. The Bertz CT molecular complexity index is 345. The lowest BCUT2D eigenvalue weighted by Crippen LogP contribution is -1.98. The van der Waals surface area contributed by atoms with E-state index in [0.29, 0.717) is 6.07 Å². The smallest absolute Gasteiger partial charge is 0.179 e. The minimum atomic E-state index is -0.979. The van der Waals surface area contributed by atoms with Crippen LogP contribution in [0.3, 0.4) is 0 Å². The highest BCUT2D eigenvalue weighted by molar-refractivity contribution is 6.70. The van der Waals surface area contributed by atoms with Crippen molar-refractivity contribution in [3.63, 3.8) is 0 Å². The molecule has 0 saturated carbocycles. The molecule has 1 aromatic carbocycles. The molecule has 2 nitrogen and oxygen atoms in total. The lowest BCUT2D eigenvalue weighted by molar-refractivity contribution is 0.320. The summed E-state index contributed by atoms with van der Waals surface area (Å²) in [5.74, 6) is -1.80. The molecule has 0 radical (unpaired) electrons. The number of hydrogen-bond acceptors (Lipinski definition) is 2. The van der Waals surface area contributed by atoms with Crippen molar-refractivity contribution in [2.45, 2.75) is 0 Å². The van der Waals surface area contributed by atoms with Crippen LogP contribution in [0, 0.1) is 11.6 Å². The topological polar surface area (TPSA) is 32.6 Å². The summed E-state index contributed by atoms with van der Waals surface area (Å²) in [5, 5.41) is 10.0. The van der Waals surface area contributed by atoms with E-state index < -0.39 is 16.8 Å². The van der Waals surface area contributed by atoms with Crippen LogP contribution in [-0.4, -0.2) is 10.4 Å². The number of halogens is 4. The van der Waals surface area contributed by atoms with Crippen LogP contribution in [0.25, 0.3) is 0 Å². The van der Waals surface area contributed by atoms with E-state index in [2.05, 4.69) is 5.16 Å². The molecule has 0 amide bonds. The standard InChI is InChI=1S/C7H3Cl2F2NO/c8-4-1-3(10)2-5(11)6(4)7(9)12-13/h1-2,13H. The third kappa shape index (κ3) is 2.08. The monoisotopic (exact) mass is 225 g/mol. The Morgan fingerprint density at radius 1 is 1.38 bits per heavy atom. The van der Waals surface area contributed by atoms with Crippen LogP contribution in [0.4, 0.5) is 8.78 Å². The maximum atomic E-state index is 12.9. The molecular weight excluding hydrogens is 223 g/mol. The van der Waals surface area contributed by atoms with Gasteiger partial charge in [0.1, 0.15) is 11.6 Å². The lowest BCUT2D eigenvalue weighted by atomic mass is 10.2. The van der Waals surface area contributed by atoms with Gasteiger partial charge in [-0.1, -0.05) is 28.4 Å². The molecule has 0 fully saturated rings. The normalized spacial score (nSPS) is 11.8. The van der Waals surface area contributed by atoms with Crippen LogP contribution in [0.1, 0.15) is 5.56 Å².